The quantitative estimate of drug-likeness (QED) is 0.373. The third kappa shape index (κ3) is 2.59. The van der Waals surface area contributed by atoms with Crippen LogP contribution in [0.5, 0.6) is 11.5 Å². The molecule has 5 nitrogen and oxygen atoms in total. The first-order valence-electron chi connectivity index (χ1n) is 4.62. The van der Waals surface area contributed by atoms with E-state index in [0.29, 0.717) is 0 Å². The van der Waals surface area contributed by atoms with Crippen molar-refractivity contribution in [1.29, 1.82) is 0 Å². The highest BCUT2D eigenvalue weighted by molar-refractivity contribution is 5.41. The van der Waals surface area contributed by atoms with Gasteiger partial charge in [-0.2, -0.15) is 0 Å². The van der Waals surface area contributed by atoms with E-state index in [1.54, 1.807) is 14.2 Å². The predicted molar refractivity (Wildman–Crippen MR) is 58.7 cm³/mol. The van der Waals surface area contributed by atoms with E-state index in [-0.39, 0.29) is 6.17 Å². The number of hydrogen-bond acceptors (Lipinski definition) is 5. The van der Waals surface area contributed by atoms with Gasteiger partial charge in [-0.1, -0.05) is 0 Å². The average molecular weight is 211 g/mol. The van der Waals surface area contributed by atoms with Crippen LogP contribution >= 0.6 is 0 Å². The highest BCUT2D eigenvalue weighted by Gasteiger charge is 2.13. The van der Waals surface area contributed by atoms with Crippen LogP contribution in [0.4, 0.5) is 0 Å². The van der Waals surface area contributed by atoms with Gasteiger partial charge in [-0.05, 0) is 25.2 Å². The first-order chi connectivity index (χ1) is 7.26. The lowest BCUT2D eigenvalue weighted by Crippen LogP contribution is -2.36. The van der Waals surface area contributed by atoms with Crippen LogP contribution < -0.4 is 26.1 Å². The second-order valence-electron chi connectivity index (χ2n) is 3.00. The second-order valence-corrected chi connectivity index (χ2v) is 3.00. The van der Waals surface area contributed by atoms with Crippen LogP contribution in [0.2, 0.25) is 0 Å². The minimum Gasteiger partial charge on any atom is -0.497 e. The first kappa shape index (κ1) is 11.8. The third-order valence-electron chi connectivity index (χ3n) is 2.20. The summed E-state index contributed by atoms with van der Waals surface area (Å²) in [6.07, 6.45) is -0.171. The lowest BCUT2D eigenvalue weighted by atomic mass is 10.1. The van der Waals surface area contributed by atoms with Gasteiger partial charge in [0, 0.05) is 5.56 Å². The topological polar surface area (TPSA) is 68.5 Å². The SMILES string of the molecule is CNC(NN)c1cc(OC)ccc1OC. The molecule has 1 atom stereocenters. The molecule has 0 aliphatic heterocycles. The van der Waals surface area contributed by atoms with Crippen LogP contribution in [0.25, 0.3) is 0 Å². The number of hydrazine groups is 1. The van der Waals surface area contributed by atoms with Gasteiger partial charge in [0.05, 0.1) is 20.4 Å². The van der Waals surface area contributed by atoms with E-state index in [4.69, 9.17) is 15.3 Å². The molecule has 0 saturated carbocycles. The second kappa shape index (κ2) is 5.55. The molecular formula is C10H17N3O2. The van der Waals surface area contributed by atoms with Gasteiger partial charge >= 0.3 is 0 Å². The van der Waals surface area contributed by atoms with Crippen molar-refractivity contribution in [3.05, 3.63) is 23.8 Å². The van der Waals surface area contributed by atoms with E-state index in [0.717, 1.165) is 17.1 Å². The Kier molecular flexibility index (Phi) is 4.36. The van der Waals surface area contributed by atoms with Gasteiger partial charge in [0.15, 0.2) is 0 Å². The molecule has 0 aliphatic carbocycles. The lowest BCUT2D eigenvalue weighted by molar-refractivity contribution is 0.382. The maximum atomic E-state index is 5.42. The summed E-state index contributed by atoms with van der Waals surface area (Å²) >= 11 is 0. The van der Waals surface area contributed by atoms with E-state index in [9.17, 15) is 0 Å². The summed E-state index contributed by atoms with van der Waals surface area (Å²) in [5.74, 6) is 6.94. The molecule has 0 radical (unpaired) electrons. The largest absolute Gasteiger partial charge is 0.497 e. The Balaban J connectivity index is 3.09. The smallest absolute Gasteiger partial charge is 0.125 e. The summed E-state index contributed by atoms with van der Waals surface area (Å²) in [6, 6.07) is 5.56. The Morgan fingerprint density at radius 3 is 2.47 bits per heavy atom. The summed E-state index contributed by atoms with van der Waals surface area (Å²) in [6.45, 7) is 0. The number of nitrogens with one attached hydrogen (secondary N) is 2. The number of ether oxygens (including phenoxy) is 2. The molecule has 5 heteroatoms. The van der Waals surface area contributed by atoms with Crippen LogP contribution in [0.3, 0.4) is 0 Å². The summed E-state index contributed by atoms with van der Waals surface area (Å²) in [4.78, 5) is 0. The van der Waals surface area contributed by atoms with Crippen molar-refractivity contribution in [2.75, 3.05) is 21.3 Å². The van der Waals surface area contributed by atoms with Crippen molar-refractivity contribution in [2.45, 2.75) is 6.17 Å². The third-order valence-corrected chi connectivity index (χ3v) is 2.20. The Labute approximate surface area is 89.5 Å². The van der Waals surface area contributed by atoms with Gasteiger partial charge in [-0.15, -0.1) is 0 Å². The fourth-order valence-electron chi connectivity index (χ4n) is 1.39. The van der Waals surface area contributed by atoms with Crippen LogP contribution in [0, 0.1) is 0 Å². The summed E-state index contributed by atoms with van der Waals surface area (Å²) < 4.78 is 10.4. The monoisotopic (exact) mass is 211 g/mol. The minimum atomic E-state index is -0.171. The van der Waals surface area contributed by atoms with Crippen molar-refractivity contribution in [3.63, 3.8) is 0 Å². The van der Waals surface area contributed by atoms with Crippen LogP contribution in [-0.2, 0) is 0 Å². The van der Waals surface area contributed by atoms with Gasteiger partial charge in [0.2, 0.25) is 0 Å². The van der Waals surface area contributed by atoms with Crippen molar-refractivity contribution in [1.82, 2.24) is 10.7 Å². The maximum absolute atomic E-state index is 5.42. The Morgan fingerprint density at radius 1 is 1.27 bits per heavy atom. The minimum absolute atomic E-state index is 0.171. The highest BCUT2D eigenvalue weighted by Crippen LogP contribution is 2.27. The van der Waals surface area contributed by atoms with E-state index >= 15 is 0 Å². The average Bonchev–Trinajstić information content (AvgIpc) is 2.30. The molecule has 0 fully saturated rings. The highest BCUT2D eigenvalue weighted by atomic mass is 16.5. The van der Waals surface area contributed by atoms with Gasteiger partial charge in [-0.25, -0.2) is 5.43 Å². The molecule has 0 bridgehead atoms. The first-order valence-corrected chi connectivity index (χ1v) is 4.62. The van der Waals surface area contributed by atoms with Crippen LogP contribution in [-0.4, -0.2) is 21.3 Å². The zero-order chi connectivity index (χ0) is 11.3. The van der Waals surface area contributed by atoms with Gasteiger partial charge in [0.25, 0.3) is 0 Å². The molecule has 1 unspecified atom stereocenters. The zero-order valence-corrected chi connectivity index (χ0v) is 9.20. The van der Waals surface area contributed by atoms with Crippen LogP contribution in [0.15, 0.2) is 18.2 Å². The van der Waals surface area contributed by atoms with E-state index in [2.05, 4.69) is 10.7 Å². The molecule has 0 amide bonds. The fraction of sp³-hybridized carbons (Fsp3) is 0.400. The molecular weight excluding hydrogens is 194 g/mol. The number of methoxy groups -OCH3 is 2. The van der Waals surface area contributed by atoms with E-state index in [1.165, 1.54) is 0 Å². The Bertz CT molecular complexity index is 314. The van der Waals surface area contributed by atoms with Gasteiger partial charge < -0.3 is 14.8 Å². The van der Waals surface area contributed by atoms with Gasteiger partial charge in [0.1, 0.15) is 11.5 Å². The molecule has 0 saturated heterocycles. The van der Waals surface area contributed by atoms with Crippen molar-refractivity contribution in [2.24, 2.45) is 5.84 Å². The molecule has 0 aromatic heterocycles. The molecule has 0 heterocycles. The van der Waals surface area contributed by atoms with Crippen molar-refractivity contribution in [3.8, 4) is 11.5 Å². The molecule has 4 N–H and O–H groups in total. The Hall–Kier alpha value is -1.30. The molecule has 1 rings (SSSR count). The van der Waals surface area contributed by atoms with Crippen LogP contribution in [0.1, 0.15) is 11.7 Å². The van der Waals surface area contributed by atoms with E-state index in [1.807, 2.05) is 25.2 Å². The standard InChI is InChI=1S/C10H17N3O2/c1-12-10(13-11)8-6-7(14-2)4-5-9(8)15-3/h4-6,10,12-13H,11H2,1-3H3. The molecule has 0 aliphatic rings. The summed E-state index contributed by atoms with van der Waals surface area (Å²) in [5.41, 5.74) is 3.55. The summed E-state index contributed by atoms with van der Waals surface area (Å²) in [7, 11) is 5.05. The van der Waals surface area contributed by atoms with Gasteiger partial charge in [-0.3, -0.25) is 5.84 Å². The number of rotatable bonds is 5. The molecule has 1 aromatic carbocycles. The number of nitrogens with two attached hydrogens (primary N) is 1. The molecule has 15 heavy (non-hydrogen) atoms. The van der Waals surface area contributed by atoms with Crippen molar-refractivity contribution >= 4 is 0 Å². The predicted octanol–water partition coefficient (Wildman–Crippen LogP) is 0.385. The number of hydrogen-bond donors (Lipinski definition) is 3. The van der Waals surface area contributed by atoms with E-state index < -0.39 is 0 Å². The molecule has 84 valence electrons. The fourth-order valence-corrected chi connectivity index (χ4v) is 1.39. The normalized spacial score (nSPS) is 12.3. The molecule has 1 aromatic rings. The lowest BCUT2D eigenvalue weighted by Gasteiger charge is -2.18. The Morgan fingerprint density at radius 2 is 2.00 bits per heavy atom. The molecule has 0 spiro atoms. The number of benzene rings is 1. The van der Waals surface area contributed by atoms with Crippen molar-refractivity contribution < 1.29 is 9.47 Å². The zero-order valence-electron chi connectivity index (χ0n) is 9.20. The maximum Gasteiger partial charge on any atom is 0.125 e. The summed E-state index contributed by atoms with van der Waals surface area (Å²) in [5, 5.41) is 3.02.